The zero-order chi connectivity index (χ0) is 13.8. The second-order valence-electron chi connectivity index (χ2n) is 4.09. The molecule has 0 radical (unpaired) electrons. The molecule has 0 heterocycles. The van der Waals surface area contributed by atoms with Gasteiger partial charge < -0.3 is 5.32 Å². The summed E-state index contributed by atoms with van der Waals surface area (Å²) in [6.07, 6.45) is 0. The van der Waals surface area contributed by atoms with Crippen LogP contribution < -0.4 is 5.32 Å². The maximum atomic E-state index is 13.3. The van der Waals surface area contributed by atoms with Gasteiger partial charge in [-0.25, -0.2) is 13.2 Å². The minimum Gasteiger partial charge on any atom is -0.309 e. The Bertz CT molecular complexity index is 587. The van der Waals surface area contributed by atoms with E-state index >= 15 is 0 Å². The van der Waals surface area contributed by atoms with Crippen molar-refractivity contribution in [1.29, 1.82) is 0 Å². The molecule has 0 saturated heterocycles. The Morgan fingerprint density at radius 3 is 2.37 bits per heavy atom. The quantitative estimate of drug-likeness (QED) is 0.894. The van der Waals surface area contributed by atoms with Crippen LogP contribution in [0, 0.1) is 17.5 Å². The number of halogens is 4. The topological polar surface area (TPSA) is 12.0 Å². The molecule has 19 heavy (non-hydrogen) atoms. The second kappa shape index (κ2) is 6.08. The van der Waals surface area contributed by atoms with E-state index in [-0.39, 0.29) is 11.6 Å². The van der Waals surface area contributed by atoms with Crippen molar-refractivity contribution in [2.24, 2.45) is 0 Å². The van der Waals surface area contributed by atoms with E-state index in [9.17, 15) is 13.2 Å². The van der Waals surface area contributed by atoms with Gasteiger partial charge in [0.1, 0.15) is 17.5 Å². The van der Waals surface area contributed by atoms with Crippen molar-refractivity contribution in [3.05, 3.63) is 70.0 Å². The standard InChI is InChI=1S/C14H11ClF3N/c15-12-4-1-9(5-14(12)18)7-19-8-10-2-3-11(16)6-13(10)17/h1-6,19H,7-8H2. The Hall–Kier alpha value is -1.52. The summed E-state index contributed by atoms with van der Waals surface area (Å²) >= 11 is 5.57. The van der Waals surface area contributed by atoms with Gasteiger partial charge in [0.2, 0.25) is 0 Å². The van der Waals surface area contributed by atoms with Crippen LogP contribution in [0.3, 0.4) is 0 Å². The molecule has 0 bridgehead atoms. The van der Waals surface area contributed by atoms with Gasteiger partial charge in [-0.2, -0.15) is 0 Å². The molecule has 2 aromatic rings. The molecule has 0 fully saturated rings. The van der Waals surface area contributed by atoms with Gasteiger partial charge in [-0.05, 0) is 23.8 Å². The van der Waals surface area contributed by atoms with Crippen LogP contribution in [-0.2, 0) is 13.1 Å². The Kier molecular flexibility index (Phi) is 4.45. The van der Waals surface area contributed by atoms with Crippen molar-refractivity contribution in [1.82, 2.24) is 5.32 Å². The summed E-state index contributed by atoms with van der Waals surface area (Å²) in [6, 6.07) is 7.86. The molecule has 0 saturated carbocycles. The highest BCUT2D eigenvalue weighted by Gasteiger charge is 2.04. The van der Waals surface area contributed by atoms with Gasteiger partial charge >= 0.3 is 0 Å². The number of hydrogen-bond donors (Lipinski definition) is 1. The molecule has 2 rings (SSSR count). The van der Waals surface area contributed by atoms with Crippen LogP contribution in [0.25, 0.3) is 0 Å². The minimum absolute atomic E-state index is 0.0633. The number of nitrogens with one attached hydrogen (secondary N) is 1. The first-order chi connectivity index (χ1) is 9.06. The van der Waals surface area contributed by atoms with E-state index in [0.29, 0.717) is 17.7 Å². The van der Waals surface area contributed by atoms with Gasteiger partial charge in [0.05, 0.1) is 5.02 Å². The van der Waals surface area contributed by atoms with Gasteiger partial charge in [-0.3, -0.25) is 0 Å². The second-order valence-corrected chi connectivity index (χ2v) is 4.49. The van der Waals surface area contributed by atoms with E-state index in [2.05, 4.69) is 5.32 Å². The molecule has 5 heteroatoms. The number of rotatable bonds is 4. The van der Waals surface area contributed by atoms with Crippen LogP contribution in [0.2, 0.25) is 5.02 Å². The summed E-state index contributed by atoms with van der Waals surface area (Å²) in [5, 5.41) is 3.02. The Labute approximate surface area is 114 Å². The van der Waals surface area contributed by atoms with Crippen molar-refractivity contribution in [3.63, 3.8) is 0 Å². The van der Waals surface area contributed by atoms with Gasteiger partial charge in [0.15, 0.2) is 0 Å². The molecule has 0 unspecified atom stereocenters. The molecule has 0 amide bonds. The molecule has 2 aromatic carbocycles. The van der Waals surface area contributed by atoms with E-state index in [0.717, 1.165) is 6.07 Å². The van der Waals surface area contributed by atoms with Crippen molar-refractivity contribution in [2.45, 2.75) is 13.1 Å². The van der Waals surface area contributed by atoms with Crippen molar-refractivity contribution >= 4 is 11.6 Å². The third-order valence-corrected chi connectivity index (χ3v) is 2.95. The maximum Gasteiger partial charge on any atom is 0.142 e. The molecule has 0 atom stereocenters. The summed E-state index contributed by atoms with van der Waals surface area (Å²) in [5.41, 5.74) is 1.06. The van der Waals surface area contributed by atoms with Gasteiger partial charge in [0.25, 0.3) is 0 Å². The molecule has 0 aliphatic heterocycles. The minimum atomic E-state index is -0.610. The first-order valence-electron chi connectivity index (χ1n) is 5.65. The molecule has 1 nitrogen and oxygen atoms in total. The number of benzene rings is 2. The zero-order valence-corrected chi connectivity index (χ0v) is 10.6. The van der Waals surface area contributed by atoms with Crippen molar-refractivity contribution in [3.8, 4) is 0 Å². The lowest BCUT2D eigenvalue weighted by Gasteiger charge is -2.07. The summed E-state index contributed by atoms with van der Waals surface area (Å²) in [6.45, 7) is 0.598. The Morgan fingerprint density at radius 1 is 0.895 bits per heavy atom. The molecule has 0 spiro atoms. The predicted octanol–water partition coefficient (Wildman–Crippen LogP) is 4.05. The third kappa shape index (κ3) is 3.72. The van der Waals surface area contributed by atoms with Crippen LogP contribution in [0.4, 0.5) is 13.2 Å². The molecular weight excluding hydrogens is 275 g/mol. The Balaban J connectivity index is 1.94. The number of hydrogen-bond acceptors (Lipinski definition) is 1. The lowest BCUT2D eigenvalue weighted by atomic mass is 10.2. The maximum absolute atomic E-state index is 13.3. The van der Waals surface area contributed by atoms with E-state index in [1.165, 1.54) is 24.3 Å². The van der Waals surface area contributed by atoms with Gasteiger partial charge in [0, 0.05) is 24.7 Å². The molecule has 100 valence electrons. The highest BCUT2D eigenvalue weighted by Crippen LogP contribution is 2.15. The highest BCUT2D eigenvalue weighted by molar-refractivity contribution is 6.30. The van der Waals surface area contributed by atoms with Crippen molar-refractivity contribution in [2.75, 3.05) is 0 Å². The van der Waals surface area contributed by atoms with Crippen LogP contribution in [0.15, 0.2) is 36.4 Å². The fraction of sp³-hybridized carbons (Fsp3) is 0.143. The molecule has 0 aromatic heterocycles. The van der Waals surface area contributed by atoms with E-state index < -0.39 is 17.5 Å². The first-order valence-corrected chi connectivity index (χ1v) is 6.02. The molecule has 0 aliphatic rings. The van der Waals surface area contributed by atoms with Crippen LogP contribution in [0.1, 0.15) is 11.1 Å². The van der Waals surface area contributed by atoms with Crippen LogP contribution >= 0.6 is 11.6 Å². The normalized spacial score (nSPS) is 10.7. The lowest BCUT2D eigenvalue weighted by molar-refractivity contribution is 0.559. The first kappa shape index (κ1) is 13.9. The molecule has 1 N–H and O–H groups in total. The van der Waals surface area contributed by atoms with Crippen LogP contribution in [0.5, 0.6) is 0 Å². The monoisotopic (exact) mass is 285 g/mol. The average molecular weight is 286 g/mol. The van der Waals surface area contributed by atoms with Crippen LogP contribution in [-0.4, -0.2) is 0 Å². The largest absolute Gasteiger partial charge is 0.309 e. The lowest BCUT2D eigenvalue weighted by Crippen LogP contribution is -2.14. The smallest absolute Gasteiger partial charge is 0.142 e. The van der Waals surface area contributed by atoms with E-state index in [1.54, 1.807) is 6.07 Å². The van der Waals surface area contributed by atoms with Crippen molar-refractivity contribution < 1.29 is 13.2 Å². The van der Waals surface area contributed by atoms with Gasteiger partial charge in [-0.1, -0.05) is 23.7 Å². The average Bonchev–Trinajstić information content (AvgIpc) is 2.36. The zero-order valence-electron chi connectivity index (χ0n) is 9.89. The highest BCUT2D eigenvalue weighted by atomic mass is 35.5. The molecular formula is C14H11ClF3N. The summed E-state index contributed by atoms with van der Waals surface area (Å²) in [5.74, 6) is -1.70. The van der Waals surface area contributed by atoms with Gasteiger partial charge in [-0.15, -0.1) is 0 Å². The Morgan fingerprint density at radius 2 is 1.68 bits per heavy atom. The predicted molar refractivity (Wildman–Crippen MR) is 68.3 cm³/mol. The summed E-state index contributed by atoms with van der Waals surface area (Å²) in [4.78, 5) is 0. The fourth-order valence-electron chi connectivity index (χ4n) is 1.66. The molecule has 0 aliphatic carbocycles. The third-order valence-electron chi connectivity index (χ3n) is 2.64. The van der Waals surface area contributed by atoms with E-state index in [4.69, 9.17) is 11.6 Å². The fourth-order valence-corrected chi connectivity index (χ4v) is 1.77. The summed E-state index contributed by atoms with van der Waals surface area (Å²) < 4.78 is 39.2. The van der Waals surface area contributed by atoms with E-state index in [1.807, 2.05) is 0 Å². The summed E-state index contributed by atoms with van der Waals surface area (Å²) in [7, 11) is 0. The SMILES string of the molecule is Fc1ccc(CNCc2ccc(Cl)c(F)c2)c(F)c1.